The van der Waals surface area contributed by atoms with Gasteiger partial charge in [-0.25, -0.2) is 4.39 Å². The molecule has 6 nitrogen and oxygen atoms in total. The first-order valence-electron chi connectivity index (χ1n) is 8.37. The molecule has 0 bridgehead atoms. The molecule has 4 rings (SSSR count). The summed E-state index contributed by atoms with van der Waals surface area (Å²) >= 11 is 7.27. The summed E-state index contributed by atoms with van der Waals surface area (Å²) < 4.78 is 14.8. The van der Waals surface area contributed by atoms with Crippen molar-refractivity contribution in [2.24, 2.45) is 0 Å². The van der Waals surface area contributed by atoms with E-state index in [-0.39, 0.29) is 17.8 Å². The van der Waals surface area contributed by atoms with Crippen LogP contribution in [0.1, 0.15) is 23.7 Å². The zero-order valence-electron chi connectivity index (χ0n) is 14.0. The second kappa shape index (κ2) is 7.66. The highest BCUT2D eigenvalue weighted by molar-refractivity contribution is 8.00. The molecule has 9 heteroatoms. The normalized spacial score (nSPS) is 14.7. The Hall–Kier alpha value is -2.45. The minimum atomic E-state index is -0.602. The van der Waals surface area contributed by atoms with Crippen LogP contribution in [0, 0.1) is 5.82 Å². The smallest absolute Gasteiger partial charge is 0.238 e. The topological polar surface area (TPSA) is 72.7 Å². The van der Waals surface area contributed by atoms with Crippen molar-refractivity contribution in [2.75, 3.05) is 0 Å². The zero-order chi connectivity index (χ0) is 18.8. The largest absolute Gasteiger partial charge is 0.352 e. The highest BCUT2D eigenvalue weighted by Gasteiger charge is 2.30. The van der Waals surface area contributed by atoms with E-state index < -0.39 is 5.25 Å². The van der Waals surface area contributed by atoms with E-state index in [9.17, 15) is 9.18 Å². The van der Waals surface area contributed by atoms with Gasteiger partial charge in [-0.05, 0) is 59.2 Å². The van der Waals surface area contributed by atoms with Crippen LogP contribution in [0.4, 0.5) is 4.39 Å². The molecule has 1 fully saturated rings. The lowest BCUT2D eigenvalue weighted by Gasteiger charge is -2.16. The van der Waals surface area contributed by atoms with Gasteiger partial charge < -0.3 is 5.32 Å². The first-order chi connectivity index (χ1) is 13.1. The number of hydrogen-bond acceptors (Lipinski definition) is 5. The van der Waals surface area contributed by atoms with Crippen molar-refractivity contribution in [2.45, 2.75) is 29.3 Å². The fraction of sp³-hybridized carbons (Fsp3) is 0.222. The number of carbonyl (C=O) groups excluding carboxylic acids is 1. The Balaban J connectivity index is 1.64. The monoisotopic (exact) mass is 403 g/mol. The Morgan fingerprint density at radius 1 is 1.26 bits per heavy atom. The maximum Gasteiger partial charge on any atom is 0.238 e. The van der Waals surface area contributed by atoms with Gasteiger partial charge in [-0.1, -0.05) is 41.6 Å². The van der Waals surface area contributed by atoms with Crippen molar-refractivity contribution in [1.29, 1.82) is 0 Å². The van der Waals surface area contributed by atoms with E-state index in [2.05, 4.69) is 20.8 Å². The Bertz CT molecular complexity index is 960. The van der Waals surface area contributed by atoms with E-state index in [1.807, 2.05) is 6.07 Å². The predicted octanol–water partition coefficient (Wildman–Crippen LogP) is 3.57. The van der Waals surface area contributed by atoms with Crippen LogP contribution in [0.25, 0.3) is 5.69 Å². The van der Waals surface area contributed by atoms with Crippen molar-refractivity contribution >= 4 is 29.3 Å². The number of amides is 1. The zero-order valence-corrected chi connectivity index (χ0v) is 15.6. The molecule has 1 N–H and O–H groups in total. The maximum absolute atomic E-state index is 13.3. The third kappa shape index (κ3) is 4.28. The number of halogens is 2. The summed E-state index contributed by atoms with van der Waals surface area (Å²) in [4.78, 5) is 12.8. The van der Waals surface area contributed by atoms with Gasteiger partial charge in [0.1, 0.15) is 11.1 Å². The number of nitrogens with zero attached hydrogens (tertiary/aromatic N) is 4. The lowest BCUT2D eigenvalue weighted by molar-refractivity contribution is -0.120. The van der Waals surface area contributed by atoms with Crippen LogP contribution in [0.5, 0.6) is 0 Å². The quantitative estimate of drug-likeness (QED) is 0.637. The molecule has 0 radical (unpaired) electrons. The number of thioether (sulfide) groups is 1. The van der Waals surface area contributed by atoms with E-state index in [1.54, 1.807) is 30.3 Å². The van der Waals surface area contributed by atoms with Gasteiger partial charge in [-0.3, -0.25) is 4.79 Å². The summed E-state index contributed by atoms with van der Waals surface area (Å²) in [6, 6.07) is 13.2. The molecular weight excluding hydrogens is 389 g/mol. The van der Waals surface area contributed by atoms with Crippen LogP contribution in [0.2, 0.25) is 5.02 Å². The van der Waals surface area contributed by atoms with Crippen molar-refractivity contribution in [3.05, 3.63) is 64.9 Å². The summed E-state index contributed by atoms with van der Waals surface area (Å²) in [5.74, 6) is -0.497. The molecule has 1 aromatic heterocycles. The number of nitrogens with one attached hydrogen (secondary N) is 1. The molecule has 1 atom stereocenters. The number of aromatic nitrogens is 4. The fourth-order valence-corrected chi connectivity index (χ4v) is 3.73. The Labute approximate surface area is 164 Å². The van der Waals surface area contributed by atoms with E-state index in [1.165, 1.54) is 28.6 Å². The minimum absolute atomic E-state index is 0.144. The molecule has 0 unspecified atom stereocenters. The summed E-state index contributed by atoms with van der Waals surface area (Å²) in [5.41, 5.74) is 1.37. The summed E-state index contributed by atoms with van der Waals surface area (Å²) in [6.45, 7) is 0. The summed E-state index contributed by atoms with van der Waals surface area (Å²) in [6.07, 6.45) is 1.96. The first kappa shape index (κ1) is 17.9. The van der Waals surface area contributed by atoms with Gasteiger partial charge in [0.25, 0.3) is 0 Å². The van der Waals surface area contributed by atoms with Gasteiger partial charge in [-0.15, -0.1) is 5.10 Å². The summed E-state index contributed by atoms with van der Waals surface area (Å²) in [7, 11) is 0. The van der Waals surface area contributed by atoms with E-state index in [0.29, 0.717) is 21.4 Å². The van der Waals surface area contributed by atoms with Gasteiger partial charge in [0.15, 0.2) is 0 Å². The van der Waals surface area contributed by atoms with Gasteiger partial charge in [0.05, 0.1) is 5.69 Å². The molecule has 0 aliphatic heterocycles. The average molecular weight is 404 g/mol. The number of rotatable bonds is 6. The number of tetrazole rings is 1. The van der Waals surface area contributed by atoms with E-state index >= 15 is 0 Å². The highest BCUT2D eigenvalue weighted by Crippen LogP contribution is 2.36. The van der Waals surface area contributed by atoms with Crippen molar-refractivity contribution in [3.63, 3.8) is 0 Å². The van der Waals surface area contributed by atoms with Crippen LogP contribution in [-0.2, 0) is 4.79 Å². The Morgan fingerprint density at radius 3 is 2.74 bits per heavy atom. The molecule has 138 valence electrons. The van der Waals surface area contributed by atoms with Crippen LogP contribution >= 0.6 is 23.4 Å². The molecule has 1 aliphatic carbocycles. The summed E-state index contributed by atoms with van der Waals surface area (Å²) in [5, 5.41) is 15.2. The van der Waals surface area contributed by atoms with Crippen molar-refractivity contribution in [1.82, 2.24) is 25.5 Å². The number of benzene rings is 2. The molecule has 27 heavy (non-hydrogen) atoms. The fourth-order valence-electron chi connectivity index (χ4n) is 2.54. The second-order valence-corrected chi connectivity index (χ2v) is 7.69. The Morgan fingerprint density at radius 2 is 2.04 bits per heavy atom. The van der Waals surface area contributed by atoms with Gasteiger partial charge >= 0.3 is 0 Å². The average Bonchev–Trinajstić information content (AvgIpc) is 3.34. The standard InChI is InChI=1S/C18H15ClFN5OS/c19-12-2-1-3-15(10-12)25-18(22-23-24-25)27-16(17(26)21-14-8-9-14)11-4-6-13(20)7-5-11/h1-7,10,14,16H,8-9H2,(H,21,26)/t16-/m1/s1. The molecule has 0 saturated heterocycles. The first-order valence-corrected chi connectivity index (χ1v) is 9.63. The lowest BCUT2D eigenvalue weighted by atomic mass is 10.1. The molecule has 0 spiro atoms. The van der Waals surface area contributed by atoms with Crippen molar-refractivity contribution in [3.8, 4) is 5.69 Å². The molecule has 1 amide bonds. The van der Waals surface area contributed by atoms with Crippen molar-refractivity contribution < 1.29 is 9.18 Å². The third-order valence-electron chi connectivity index (χ3n) is 4.05. The second-order valence-electron chi connectivity index (χ2n) is 6.19. The molecular formula is C18H15ClFN5OS. The molecule has 1 heterocycles. The van der Waals surface area contributed by atoms with Crippen LogP contribution < -0.4 is 5.32 Å². The predicted molar refractivity (Wildman–Crippen MR) is 100 cm³/mol. The lowest BCUT2D eigenvalue weighted by Crippen LogP contribution is -2.30. The minimum Gasteiger partial charge on any atom is -0.352 e. The van der Waals surface area contributed by atoms with Crippen LogP contribution in [0.3, 0.4) is 0 Å². The van der Waals surface area contributed by atoms with Gasteiger partial charge in [0.2, 0.25) is 11.1 Å². The third-order valence-corrected chi connectivity index (χ3v) is 5.47. The van der Waals surface area contributed by atoms with Crippen LogP contribution in [0.15, 0.2) is 53.7 Å². The molecule has 3 aromatic rings. The van der Waals surface area contributed by atoms with Gasteiger partial charge in [-0.2, -0.15) is 4.68 Å². The maximum atomic E-state index is 13.3. The number of carbonyl (C=O) groups is 1. The molecule has 2 aromatic carbocycles. The van der Waals surface area contributed by atoms with Gasteiger partial charge in [0, 0.05) is 11.1 Å². The van der Waals surface area contributed by atoms with E-state index in [0.717, 1.165) is 12.8 Å². The van der Waals surface area contributed by atoms with E-state index in [4.69, 9.17) is 11.6 Å². The molecule has 1 aliphatic rings. The highest BCUT2D eigenvalue weighted by atomic mass is 35.5. The number of hydrogen-bond donors (Lipinski definition) is 1. The molecule has 1 saturated carbocycles. The SMILES string of the molecule is O=C(NC1CC1)[C@H](Sc1nnnn1-c1cccc(Cl)c1)c1ccc(F)cc1. The Kier molecular flexibility index (Phi) is 5.09. The van der Waals surface area contributed by atoms with Crippen LogP contribution in [-0.4, -0.2) is 32.2 Å².